The van der Waals surface area contributed by atoms with Crippen LogP contribution >= 0.6 is 0 Å². The molecule has 1 aromatic rings. The van der Waals surface area contributed by atoms with Crippen molar-refractivity contribution in [2.75, 3.05) is 26.2 Å². The van der Waals surface area contributed by atoms with Crippen molar-refractivity contribution >= 4 is 5.91 Å². The van der Waals surface area contributed by atoms with Crippen molar-refractivity contribution in [3.8, 4) is 0 Å². The van der Waals surface area contributed by atoms with Crippen LogP contribution in [0.25, 0.3) is 0 Å². The second kappa shape index (κ2) is 5.94. The lowest BCUT2D eigenvalue weighted by atomic mass is 10.0. The SMILES string of the molecule is Cc1ccccc1C1CN(C(=O)C2CCCN2)CCO1. The smallest absolute Gasteiger partial charge is 0.239 e. The zero-order valence-corrected chi connectivity index (χ0v) is 12.0. The lowest BCUT2D eigenvalue weighted by Crippen LogP contribution is -2.49. The monoisotopic (exact) mass is 274 g/mol. The maximum atomic E-state index is 12.5. The number of hydrogen-bond donors (Lipinski definition) is 1. The number of nitrogens with zero attached hydrogens (tertiary/aromatic N) is 1. The molecule has 4 nitrogen and oxygen atoms in total. The van der Waals surface area contributed by atoms with Gasteiger partial charge in [0.05, 0.1) is 19.2 Å². The molecule has 0 aliphatic carbocycles. The van der Waals surface area contributed by atoms with E-state index >= 15 is 0 Å². The zero-order valence-electron chi connectivity index (χ0n) is 12.0. The molecular weight excluding hydrogens is 252 g/mol. The van der Waals surface area contributed by atoms with Gasteiger partial charge in [0.25, 0.3) is 0 Å². The molecule has 108 valence electrons. The predicted octanol–water partition coefficient (Wildman–Crippen LogP) is 1.65. The Morgan fingerprint density at radius 3 is 3.00 bits per heavy atom. The molecule has 2 unspecified atom stereocenters. The molecular formula is C16H22N2O2. The fourth-order valence-electron chi connectivity index (χ4n) is 3.10. The van der Waals surface area contributed by atoms with Crippen LogP contribution in [0.15, 0.2) is 24.3 Å². The van der Waals surface area contributed by atoms with E-state index in [1.807, 2.05) is 17.0 Å². The Morgan fingerprint density at radius 2 is 2.25 bits per heavy atom. The van der Waals surface area contributed by atoms with E-state index in [0.717, 1.165) is 19.4 Å². The molecule has 1 N–H and O–H groups in total. The second-order valence-corrected chi connectivity index (χ2v) is 5.65. The van der Waals surface area contributed by atoms with Crippen molar-refractivity contribution in [3.05, 3.63) is 35.4 Å². The largest absolute Gasteiger partial charge is 0.370 e. The van der Waals surface area contributed by atoms with Crippen LogP contribution in [0, 0.1) is 6.92 Å². The molecule has 2 aliphatic heterocycles. The summed E-state index contributed by atoms with van der Waals surface area (Å²) in [5.74, 6) is 0.240. The van der Waals surface area contributed by atoms with E-state index in [9.17, 15) is 4.79 Å². The van der Waals surface area contributed by atoms with Gasteiger partial charge in [-0.2, -0.15) is 0 Å². The molecule has 2 heterocycles. The average molecular weight is 274 g/mol. The summed E-state index contributed by atoms with van der Waals surface area (Å²) in [5.41, 5.74) is 2.43. The Morgan fingerprint density at radius 1 is 1.40 bits per heavy atom. The molecule has 0 aromatic heterocycles. The van der Waals surface area contributed by atoms with Gasteiger partial charge >= 0.3 is 0 Å². The lowest BCUT2D eigenvalue weighted by molar-refractivity contribution is -0.140. The van der Waals surface area contributed by atoms with Crippen molar-refractivity contribution in [3.63, 3.8) is 0 Å². The number of benzene rings is 1. The standard InChI is InChI=1S/C16H22N2O2/c1-12-5-2-3-6-13(12)15-11-18(9-10-20-15)16(19)14-7-4-8-17-14/h2-3,5-6,14-15,17H,4,7-11H2,1H3. The molecule has 2 saturated heterocycles. The number of hydrogen-bond acceptors (Lipinski definition) is 3. The molecule has 1 amide bonds. The minimum atomic E-state index is 0.00954. The van der Waals surface area contributed by atoms with Crippen LogP contribution in [-0.4, -0.2) is 43.1 Å². The third kappa shape index (κ3) is 2.72. The van der Waals surface area contributed by atoms with Gasteiger partial charge in [-0.05, 0) is 37.4 Å². The first-order valence-electron chi connectivity index (χ1n) is 7.45. The minimum Gasteiger partial charge on any atom is -0.370 e. The molecule has 3 rings (SSSR count). The quantitative estimate of drug-likeness (QED) is 0.891. The molecule has 0 radical (unpaired) electrons. The van der Waals surface area contributed by atoms with Crippen molar-refractivity contribution in [1.82, 2.24) is 10.2 Å². The van der Waals surface area contributed by atoms with Crippen LogP contribution in [0.1, 0.15) is 30.1 Å². The second-order valence-electron chi connectivity index (χ2n) is 5.65. The number of nitrogens with one attached hydrogen (secondary N) is 1. The van der Waals surface area contributed by atoms with Crippen LogP contribution in [0.4, 0.5) is 0 Å². The van der Waals surface area contributed by atoms with Gasteiger partial charge in [0.1, 0.15) is 6.10 Å². The van der Waals surface area contributed by atoms with Crippen LogP contribution < -0.4 is 5.32 Å². The minimum absolute atomic E-state index is 0.00954. The van der Waals surface area contributed by atoms with E-state index in [-0.39, 0.29) is 18.1 Å². The van der Waals surface area contributed by atoms with Gasteiger partial charge in [-0.25, -0.2) is 0 Å². The van der Waals surface area contributed by atoms with Gasteiger partial charge in [0.15, 0.2) is 0 Å². The fraction of sp³-hybridized carbons (Fsp3) is 0.562. The number of aryl methyl sites for hydroxylation is 1. The van der Waals surface area contributed by atoms with Crippen LogP contribution in [-0.2, 0) is 9.53 Å². The first kappa shape index (κ1) is 13.6. The molecule has 0 spiro atoms. The third-order valence-electron chi connectivity index (χ3n) is 4.27. The average Bonchev–Trinajstić information content (AvgIpc) is 3.01. The van der Waals surface area contributed by atoms with Crippen molar-refractivity contribution in [2.24, 2.45) is 0 Å². The highest BCUT2D eigenvalue weighted by Crippen LogP contribution is 2.25. The molecule has 2 fully saturated rings. The summed E-state index contributed by atoms with van der Waals surface area (Å²) in [4.78, 5) is 14.4. The number of ether oxygens (including phenoxy) is 1. The van der Waals surface area contributed by atoms with Gasteiger partial charge in [-0.15, -0.1) is 0 Å². The van der Waals surface area contributed by atoms with Gasteiger partial charge < -0.3 is 15.0 Å². The first-order valence-corrected chi connectivity index (χ1v) is 7.45. The summed E-state index contributed by atoms with van der Waals surface area (Å²) >= 11 is 0. The molecule has 2 atom stereocenters. The Balaban J connectivity index is 1.70. The summed E-state index contributed by atoms with van der Waals surface area (Å²) in [7, 11) is 0. The van der Waals surface area contributed by atoms with Crippen molar-refractivity contribution < 1.29 is 9.53 Å². The number of carbonyl (C=O) groups excluding carboxylic acids is 1. The highest BCUT2D eigenvalue weighted by Gasteiger charge is 2.31. The zero-order chi connectivity index (χ0) is 13.9. The summed E-state index contributed by atoms with van der Waals surface area (Å²) in [6, 6.07) is 8.28. The summed E-state index contributed by atoms with van der Waals surface area (Å²) in [6.45, 7) is 5.05. The van der Waals surface area contributed by atoms with Crippen LogP contribution in [0.2, 0.25) is 0 Å². The number of amides is 1. The lowest BCUT2D eigenvalue weighted by Gasteiger charge is -2.35. The van der Waals surface area contributed by atoms with E-state index in [2.05, 4.69) is 24.4 Å². The van der Waals surface area contributed by atoms with E-state index in [1.165, 1.54) is 11.1 Å². The van der Waals surface area contributed by atoms with Gasteiger partial charge in [-0.1, -0.05) is 24.3 Å². The van der Waals surface area contributed by atoms with Crippen molar-refractivity contribution in [2.45, 2.75) is 31.9 Å². The number of morpholine rings is 1. The highest BCUT2D eigenvalue weighted by atomic mass is 16.5. The Kier molecular flexibility index (Phi) is 4.03. The fourth-order valence-corrected chi connectivity index (χ4v) is 3.10. The van der Waals surface area contributed by atoms with E-state index < -0.39 is 0 Å². The van der Waals surface area contributed by atoms with Gasteiger partial charge in [0, 0.05) is 6.54 Å². The van der Waals surface area contributed by atoms with Gasteiger partial charge in [-0.3, -0.25) is 4.79 Å². The summed E-state index contributed by atoms with van der Waals surface area (Å²) < 4.78 is 5.87. The highest BCUT2D eigenvalue weighted by molar-refractivity contribution is 5.82. The molecule has 2 aliphatic rings. The van der Waals surface area contributed by atoms with Gasteiger partial charge in [0.2, 0.25) is 5.91 Å². The molecule has 0 bridgehead atoms. The predicted molar refractivity (Wildman–Crippen MR) is 77.5 cm³/mol. The third-order valence-corrected chi connectivity index (χ3v) is 4.27. The molecule has 0 saturated carbocycles. The maximum absolute atomic E-state index is 12.5. The Bertz CT molecular complexity index is 483. The topological polar surface area (TPSA) is 41.6 Å². The van der Waals surface area contributed by atoms with Crippen LogP contribution in [0.5, 0.6) is 0 Å². The maximum Gasteiger partial charge on any atom is 0.239 e. The number of rotatable bonds is 2. The molecule has 20 heavy (non-hydrogen) atoms. The van der Waals surface area contributed by atoms with E-state index in [1.54, 1.807) is 0 Å². The Hall–Kier alpha value is -1.39. The summed E-state index contributed by atoms with van der Waals surface area (Å²) in [6.07, 6.45) is 2.07. The van der Waals surface area contributed by atoms with Crippen LogP contribution in [0.3, 0.4) is 0 Å². The Labute approximate surface area is 120 Å². The number of carbonyl (C=O) groups is 1. The molecule has 1 aromatic carbocycles. The van der Waals surface area contributed by atoms with Crippen molar-refractivity contribution in [1.29, 1.82) is 0 Å². The van der Waals surface area contributed by atoms with E-state index in [0.29, 0.717) is 19.7 Å². The van der Waals surface area contributed by atoms with E-state index in [4.69, 9.17) is 4.74 Å². The summed E-state index contributed by atoms with van der Waals surface area (Å²) in [5, 5.41) is 3.29. The molecule has 4 heteroatoms. The first-order chi connectivity index (χ1) is 9.75. The normalized spacial score (nSPS) is 26.8.